The highest BCUT2D eigenvalue weighted by Gasteiger charge is 2.34. The number of nitrogens with one attached hydrogen (secondary N) is 1. The van der Waals surface area contributed by atoms with Crippen LogP contribution in [-0.2, 0) is 4.79 Å². The molecule has 2 aliphatic rings. The first-order valence-corrected chi connectivity index (χ1v) is 7.30. The van der Waals surface area contributed by atoms with Gasteiger partial charge in [0.25, 0.3) is 0 Å². The van der Waals surface area contributed by atoms with Crippen molar-refractivity contribution >= 4 is 5.91 Å². The monoisotopic (exact) mass is 264 g/mol. The van der Waals surface area contributed by atoms with E-state index in [4.69, 9.17) is 5.26 Å². The fourth-order valence-corrected chi connectivity index (χ4v) is 3.18. The summed E-state index contributed by atoms with van der Waals surface area (Å²) >= 11 is 0. The van der Waals surface area contributed by atoms with E-state index in [9.17, 15) is 4.79 Å². The van der Waals surface area contributed by atoms with E-state index in [0.29, 0.717) is 31.6 Å². The molecule has 1 N–H and O–H groups in total. The van der Waals surface area contributed by atoms with Gasteiger partial charge in [0.15, 0.2) is 0 Å². The number of hydrogen-bond acceptors (Lipinski definition) is 4. The lowest BCUT2D eigenvalue weighted by Crippen LogP contribution is -2.47. The molecule has 0 spiro atoms. The third-order valence-electron chi connectivity index (χ3n) is 4.30. The predicted molar refractivity (Wildman–Crippen MR) is 73.5 cm³/mol. The van der Waals surface area contributed by atoms with Gasteiger partial charge in [0.2, 0.25) is 5.91 Å². The van der Waals surface area contributed by atoms with Crippen molar-refractivity contribution in [2.24, 2.45) is 0 Å². The molecule has 5 nitrogen and oxygen atoms in total. The Balaban J connectivity index is 1.83. The maximum atomic E-state index is 12.1. The summed E-state index contributed by atoms with van der Waals surface area (Å²) in [6.45, 7) is 3.19. The van der Waals surface area contributed by atoms with Gasteiger partial charge in [-0.1, -0.05) is 0 Å². The highest BCUT2D eigenvalue weighted by Crippen LogP contribution is 2.24. The van der Waals surface area contributed by atoms with E-state index in [1.54, 1.807) is 11.9 Å². The molecule has 2 aliphatic heterocycles. The Morgan fingerprint density at radius 3 is 3.00 bits per heavy atom. The van der Waals surface area contributed by atoms with Crippen molar-refractivity contribution in [1.29, 1.82) is 5.26 Å². The Kier molecular flexibility index (Phi) is 5.17. The second-order valence-electron chi connectivity index (χ2n) is 5.61. The SMILES string of the molecule is CN(CCC#N)C(=O)CN1CCCC1C1CCCN1. The number of amides is 1. The molecule has 19 heavy (non-hydrogen) atoms. The summed E-state index contributed by atoms with van der Waals surface area (Å²) in [6, 6.07) is 3.18. The van der Waals surface area contributed by atoms with Crippen molar-refractivity contribution in [3.63, 3.8) is 0 Å². The van der Waals surface area contributed by atoms with Gasteiger partial charge in [0, 0.05) is 25.7 Å². The van der Waals surface area contributed by atoms with Crippen LogP contribution in [0, 0.1) is 11.3 Å². The van der Waals surface area contributed by atoms with Crippen molar-refractivity contribution < 1.29 is 4.79 Å². The number of hydrogen-bond donors (Lipinski definition) is 1. The third kappa shape index (κ3) is 3.68. The minimum absolute atomic E-state index is 0.139. The maximum absolute atomic E-state index is 12.1. The van der Waals surface area contributed by atoms with Crippen LogP contribution in [-0.4, -0.2) is 61.0 Å². The Bertz CT molecular complexity index is 346. The zero-order valence-electron chi connectivity index (χ0n) is 11.8. The van der Waals surface area contributed by atoms with Gasteiger partial charge in [-0.3, -0.25) is 9.69 Å². The summed E-state index contributed by atoms with van der Waals surface area (Å²) in [5, 5.41) is 12.1. The third-order valence-corrected chi connectivity index (χ3v) is 4.30. The summed E-state index contributed by atoms with van der Waals surface area (Å²) in [7, 11) is 1.79. The van der Waals surface area contributed by atoms with Crippen molar-refractivity contribution in [2.75, 3.05) is 33.2 Å². The molecule has 2 rings (SSSR count). The minimum Gasteiger partial charge on any atom is -0.344 e. The molecule has 0 aromatic rings. The van der Waals surface area contributed by atoms with Crippen LogP contribution >= 0.6 is 0 Å². The van der Waals surface area contributed by atoms with Crippen molar-refractivity contribution in [1.82, 2.24) is 15.1 Å². The highest BCUT2D eigenvalue weighted by molar-refractivity contribution is 5.78. The summed E-state index contributed by atoms with van der Waals surface area (Å²) in [6.07, 6.45) is 5.30. The van der Waals surface area contributed by atoms with Gasteiger partial charge in [-0.25, -0.2) is 0 Å². The van der Waals surface area contributed by atoms with E-state index in [2.05, 4.69) is 16.3 Å². The van der Waals surface area contributed by atoms with Gasteiger partial charge >= 0.3 is 0 Å². The zero-order valence-corrected chi connectivity index (χ0v) is 11.8. The molecule has 1 amide bonds. The molecular weight excluding hydrogens is 240 g/mol. The first-order valence-electron chi connectivity index (χ1n) is 7.30. The van der Waals surface area contributed by atoms with Gasteiger partial charge in [-0.15, -0.1) is 0 Å². The summed E-state index contributed by atoms with van der Waals surface area (Å²) in [4.78, 5) is 16.1. The van der Waals surface area contributed by atoms with Gasteiger partial charge < -0.3 is 10.2 Å². The first-order chi connectivity index (χ1) is 9.22. The standard InChI is InChI=1S/C14H24N4O/c1-17(9-4-7-15)14(19)11-18-10-3-6-13(18)12-5-2-8-16-12/h12-13,16H,2-6,8-11H2,1H3. The predicted octanol–water partition coefficient (Wildman–Crippen LogP) is 0.575. The molecule has 2 fully saturated rings. The van der Waals surface area contributed by atoms with Gasteiger partial charge in [0.1, 0.15) is 0 Å². The molecule has 0 aromatic carbocycles. The molecule has 106 valence electrons. The molecule has 2 heterocycles. The average Bonchev–Trinajstić information content (AvgIpc) is 3.05. The van der Waals surface area contributed by atoms with E-state index < -0.39 is 0 Å². The minimum atomic E-state index is 0.139. The molecule has 2 unspecified atom stereocenters. The fourth-order valence-electron chi connectivity index (χ4n) is 3.18. The Labute approximate surface area is 115 Å². The molecule has 5 heteroatoms. The molecule has 0 aliphatic carbocycles. The zero-order chi connectivity index (χ0) is 13.7. The number of carbonyl (C=O) groups is 1. The lowest BCUT2D eigenvalue weighted by Gasteiger charge is -2.30. The van der Waals surface area contributed by atoms with Crippen LogP contribution in [0.3, 0.4) is 0 Å². The topological polar surface area (TPSA) is 59.4 Å². The number of rotatable bonds is 5. The molecule has 0 saturated carbocycles. The summed E-state index contributed by atoms with van der Waals surface area (Å²) in [5.41, 5.74) is 0. The van der Waals surface area contributed by atoms with E-state index in [1.165, 1.54) is 25.7 Å². The second-order valence-corrected chi connectivity index (χ2v) is 5.61. The van der Waals surface area contributed by atoms with Gasteiger partial charge in [-0.05, 0) is 38.8 Å². The number of nitriles is 1. The first kappa shape index (κ1) is 14.3. The average molecular weight is 264 g/mol. The molecule has 2 saturated heterocycles. The van der Waals surface area contributed by atoms with Gasteiger partial charge in [0.05, 0.1) is 19.0 Å². The number of likely N-dealkylation sites (N-methyl/N-ethyl adjacent to an activating group) is 1. The van der Waals surface area contributed by atoms with E-state index >= 15 is 0 Å². The molecule has 0 radical (unpaired) electrons. The Morgan fingerprint density at radius 2 is 2.32 bits per heavy atom. The molecule has 2 atom stereocenters. The highest BCUT2D eigenvalue weighted by atomic mass is 16.2. The van der Waals surface area contributed by atoms with Crippen molar-refractivity contribution in [2.45, 2.75) is 44.2 Å². The maximum Gasteiger partial charge on any atom is 0.236 e. The van der Waals surface area contributed by atoms with Crippen LogP contribution < -0.4 is 5.32 Å². The largest absolute Gasteiger partial charge is 0.344 e. The summed E-state index contributed by atoms with van der Waals surface area (Å²) < 4.78 is 0. The van der Waals surface area contributed by atoms with Crippen LogP contribution in [0.1, 0.15) is 32.1 Å². The molecular formula is C14H24N4O. The quantitative estimate of drug-likeness (QED) is 0.789. The number of likely N-dealkylation sites (tertiary alicyclic amines) is 1. The second kappa shape index (κ2) is 6.88. The van der Waals surface area contributed by atoms with Crippen LogP contribution in [0.4, 0.5) is 0 Å². The Morgan fingerprint density at radius 1 is 1.47 bits per heavy atom. The number of carbonyl (C=O) groups excluding carboxylic acids is 1. The van der Waals surface area contributed by atoms with E-state index in [-0.39, 0.29) is 5.91 Å². The van der Waals surface area contributed by atoms with Gasteiger partial charge in [-0.2, -0.15) is 5.26 Å². The summed E-state index contributed by atoms with van der Waals surface area (Å²) in [5.74, 6) is 0.139. The Hall–Kier alpha value is -1.12. The van der Waals surface area contributed by atoms with Crippen LogP contribution in [0.25, 0.3) is 0 Å². The van der Waals surface area contributed by atoms with Crippen molar-refractivity contribution in [3.8, 4) is 6.07 Å². The van der Waals surface area contributed by atoms with Crippen LogP contribution in [0.15, 0.2) is 0 Å². The van der Waals surface area contributed by atoms with E-state index in [1.807, 2.05) is 0 Å². The lowest BCUT2D eigenvalue weighted by molar-refractivity contribution is -0.131. The van der Waals surface area contributed by atoms with E-state index in [0.717, 1.165) is 13.1 Å². The van der Waals surface area contributed by atoms with Crippen molar-refractivity contribution in [3.05, 3.63) is 0 Å². The lowest BCUT2D eigenvalue weighted by atomic mass is 10.0. The smallest absolute Gasteiger partial charge is 0.236 e. The fraction of sp³-hybridized carbons (Fsp3) is 0.857. The molecule has 0 aromatic heterocycles. The van der Waals surface area contributed by atoms with Crippen LogP contribution in [0.2, 0.25) is 0 Å². The normalized spacial score (nSPS) is 27.4. The van der Waals surface area contributed by atoms with Crippen LogP contribution in [0.5, 0.6) is 0 Å². The molecule has 0 bridgehead atoms. The number of nitrogens with zero attached hydrogens (tertiary/aromatic N) is 3.